The zero-order chi connectivity index (χ0) is 16.2. The molecule has 0 saturated heterocycles. The minimum atomic E-state index is -0.210. The lowest BCUT2D eigenvalue weighted by Gasteiger charge is -2.06. The third-order valence-electron chi connectivity index (χ3n) is 3.73. The van der Waals surface area contributed by atoms with Crippen molar-refractivity contribution < 1.29 is 4.79 Å². The number of aromatic nitrogens is 3. The summed E-state index contributed by atoms with van der Waals surface area (Å²) in [5.41, 5.74) is 7.69. The van der Waals surface area contributed by atoms with Crippen molar-refractivity contribution >= 4 is 16.7 Å². The molecule has 23 heavy (non-hydrogen) atoms. The third kappa shape index (κ3) is 3.22. The highest BCUT2D eigenvalue weighted by atomic mass is 16.1. The van der Waals surface area contributed by atoms with E-state index in [1.807, 2.05) is 37.3 Å². The van der Waals surface area contributed by atoms with Crippen LogP contribution in [0.5, 0.6) is 0 Å². The fraction of sp³-hybridized carbons (Fsp3) is 0.235. The van der Waals surface area contributed by atoms with Gasteiger partial charge in [-0.3, -0.25) is 14.5 Å². The minimum absolute atomic E-state index is 0.210. The highest BCUT2D eigenvalue weighted by Gasteiger charge is 2.12. The van der Waals surface area contributed by atoms with Gasteiger partial charge in [-0.2, -0.15) is 5.10 Å². The molecule has 118 valence electrons. The van der Waals surface area contributed by atoms with E-state index in [0.29, 0.717) is 25.3 Å². The summed E-state index contributed by atoms with van der Waals surface area (Å²) in [5.74, 6) is -0.210. The van der Waals surface area contributed by atoms with Crippen molar-refractivity contribution in [1.29, 1.82) is 0 Å². The maximum absolute atomic E-state index is 12.3. The van der Waals surface area contributed by atoms with Crippen molar-refractivity contribution in [3.8, 4) is 0 Å². The van der Waals surface area contributed by atoms with Crippen molar-refractivity contribution in [1.82, 2.24) is 20.1 Å². The molecule has 3 rings (SSSR count). The Hall–Kier alpha value is -2.73. The molecule has 0 unspecified atom stereocenters. The van der Waals surface area contributed by atoms with Gasteiger partial charge in [-0.05, 0) is 24.4 Å². The Morgan fingerprint density at radius 1 is 1.30 bits per heavy atom. The van der Waals surface area contributed by atoms with Gasteiger partial charge >= 0.3 is 0 Å². The predicted molar refractivity (Wildman–Crippen MR) is 88.9 cm³/mol. The van der Waals surface area contributed by atoms with Gasteiger partial charge in [0.2, 0.25) is 0 Å². The van der Waals surface area contributed by atoms with E-state index in [1.54, 1.807) is 16.9 Å². The Balaban J connectivity index is 1.74. The lowest BCUT2D eigenvalue weighted by atomic mass is 10.1. The van der Waals surface area contributed by atoms with Gasteiger partial charge in [0, 0.05) is 23.8 Å². The molecule has 0 aliphatic carbocycles. The summed E-state index contributed by atoms with van der Waals surface area (Å²) < 4.78 is 1.74. The summed E-state index contributed by atoms with van der Waals surface area (Å²) in [6.45, 7) is 3.36. The molecule has 0 atom stereocenters. The van der Waals surface area contributed by atoms with Crippen molar-refractivity contribution in [2.45, 2.75) is 20.0 Å². The Morgan fingerprint density at radius 3 is 2.96 bits per heavy atom. The van der Waals surface area contributed by atoms with Crippen LogP contribution in [-0.4, -0.2) is 27.2 Å². The maximum atomic E-state index is 12.3. The molecule has 6 nitrogen and oxygen atoms in total. The van der Waals surface area contributed by atoms with Crippen molar-refractivity contribution in [2.24, 2.45) is 5.73 Å². The summed E-state index contributed by atoms with van der Waals surface area (Å²) in [4.78, 5) is 16.6. The molecule has 1 amide bonds. The number of nitrogens with two attached hydrogens (primary N) is 1. The molecular formula is C17H19N5O. The number of fused-ring (bicyclic) bond motifs is 1. The van der Waals surface area contributed by atoms with Crippen LogP contribution in [0.25, 0.3) is 10.8 Å². The summed E-state index contributed by atoms with van der Waals surface area (Å²) >= 11 is 0. The van der Waals surface area contributed by atoms with Gasteiger partial charge in [-0.25, -0.2) is 0 Å². The highest BCUT2D eigenvalue weighted by molar-refractivity contribution is 5.92. The number of nitrogens with one attached hydrogen (secondary N) is 1. The molecule has 1 aromatic carbocycles. The fourth-order valence-electron chi connectivity index (χ4n) is 2.55. The molecule has 0 aliphatic heterocycles. The lowest BCUT2D eigenvalue weighted by molar-refractivity contribution is 0.0944. The summed E-state index contributed by atoms with van der Waals surface area (Å²) in [5, 5.41) is 9.31. The standard InChI is InChI=1S/C17H19N5O/c1-12-10-15(21-22(12)9-7-18)17(23)20-11-16-14-5-3-2-4-13(14)6-8-19-16/h2-6,8,10H,7,9,11,18H2,1H3,(H,20,23). The average Bonchev–Trinajstić information content (AvgIpc) is 2.94. The van der Waals surface area contributed by atoms with E-state index in [9.17, 15) is 4.79 Å². The van der Waals surface area contributed by atoms with Crippen LogP contribution in [0.15, 0.2) is 42.6 Å². The molecule has 0 spiro atoms. The molecular weight excluding hydrogens is 290 g/mol. The highest BCUT2D eigenvalue weighted by Crippen LogP contribution is 2.16. The normalized spacial score (nSPS) is 10.9. The first-order valence-electron chi connectivity index (χ1n) is 7.54. The Morgan fingerprint density at radius 2 is 2.13 bits per heavy atom. The Labute approximate surface area is 134 Å². The summed E-state index contributed by atoms with van der Waals surface area (Å²) in [6, 6.07) is 11.7. The molecule has 0 radical (unpaired) electrons. The first-order chi connectivity index (χ1) is 11.2. The second-order valence-electron chi connectivity index (χ2n) is 5.34. The van der Waals surface area contributed by atoms with Gasteiger partial charge in [0.05, 0.1) is 18.8 Å². The number of nitrogens with zero attached hydrogens (tertiary/aromatic N) is 3. The second kappa shape index (κ2) is 6.58. The Kier molecular flexibility index (Phi) is 4.34. The number of pyridine rings is 1. The number of benzene rings is 1. The van der Waals surface area contributed by atoms with E-state index >= 15 is 0 Å². The van der Waals surface area contributed by atoms with Gasteiger partial charge < -0.3 is 11.1 Å². The van der Waals surface area contributed by atoms with Crippen LogP contribution in [0, 0.1) is 6.92 Å². The topological polar surface area (TPSA) is 85.8 Å². The summed E-state index contributed by atoms with van der Waals surface area (Å²) in [7, 11) is 0. The van der Waals surface area contributed by atoms with Crippen LogP contribution in [-0.2, 0) is 13.1 Å². The van der Waals surface area contributed by atoms with Crippen LogP contribution in [0.1, 0.15) is 21.9 Å². The first-order valence-corrected chi connectivity index (χ1v) is 7.54. The molecule has 0 fully saturated rings. The second-order valence-corrected chi connectivity index (χ2v) is 5.34. The first kappa shape index (κ1) is 15.2. The lowest BCUT2D eigenvalue weighted by Crippen LogP contribution is -2.24. The largest absolute Gasteiger partial charge is 0.345 e. The van der Waals surface area contributed by atoms with Crippen LogP contribution in [0.4, 0.5) is 0 Å². The number of carbonyl (C=O) groups is 1. The van der Waals surface area contributed by atoms with Crippen LogP contribution in [0.2, 0.25) is 0 Å². The van der Waals surface area contributed by atoms with Gasteiger partial charge in [0.15, 0.2) is 0 Å². The third-order valence-corrected chi connectivity index (χ3v) is 3.73. The van der Waals surface area contributed by atoms with Gasteiger partial charge in [0.25, 0.3) is 5.91 Å². The van der Waals surface area contributed by atoms with Crippen LogP contribution in [0.3, 0.4) is 0 Å². The minimum Gasteiger partial charge on any atom is -0.345 e. The van der Waals surface area contributed by atoms with Crippen LogP contribution < -0.4 is 11.1 Å². The zero-order valence-corrected chi connectivity index (χ0v) is 13.0. The molecule has 0 saturated carbocycles. The summed E-state index contributed by atoms with van der Waals surface area (Å²) in [6.07, 6.45) is 1.75. The van der Waals surface area contributed by atoms with Gasteiger partial charge in [-0.1, -0.05) is 24.3 Å². The molecule has 6 heteroatoms. The molecule has 0 bridgehead atoms. The zero-order valence-electron chi connectivity index (χ0n) is 13.0. The molecule has 2 aromatic heterocycles. The average molecular weight is 309 g/mol. The fourth-order valence-corrected chi connectivity index (χ4v) is 2.55. The number of amides is 1. The molecule has 3 N–H and O–H groups in total. The number of hydrogen-bond acceptors (Lipinski definition) is 4. The van der Waals surface area contributed by atoms with E-state index in [1.165, 1.54) is 0 Å². The van der Waals surface area contributed by atoms with Crippen LogP contribution >= 0.6 is 0 Å². The number of hydrogen-bond donors (Lipinski definition) is 2. The molecule has 2 heterocycles. The van der Waals surface area contributed by atoms with Gasteiger partial charge in [0.1, 0.15) is 5.69 Å². The predicted octanol–water partition coefficient (Wildman–Crippen LogP) is 1.63. The van der Waals surface area contributed by atoms with Crippen molar-refractivity contribution in [3.63, 3.8) is 0 Å². The smallest absolute Gasteiger partial charge is 0.272 e. The molecule has 3 aromatic rings. The Bertz CT molecular complexity index is 835. The number of aryl methyl sites for hydroxylation is 1. The monoisotopic (exact) mass is 309 g/mol. The SMILES string of the molecule is Cc1cc(C(=O)NCc2nccc3ccccc23)nn1CCN. The van der Waals surface area contributed by atoms with Crippen molar-refractivity contribution in [3.05, 3.63) is 59.7 Å². The van der Waals surface area contributed by atoms with E-state index in [-0.39, 0.29) is 5.91 Å². The van der Waals surface area contributed by atoms with E-state index in [0.717, 1.165) is 22.2 Å². The van der Waals surface area contributed by atoms with Crippen molar-refractivity contribution in [2.75, 3.05) is 6.54 Å². The van der Waals surface area contributed by atoms with E-state index in [4.69, 9.17) is 5.73 Å². The van der Waals surface area contributed by atoms with E-state index in [2.05, 4.69) is 15.4 Å². The van der Waals surface area contributed by atoms with Gasteiger partial charge in [-0.15, -0.1) is 0 Å². The number of rotatable bonds is 5. The quantitative estimate of drug-likeness (QED) is 0.750. The molecule has 0 aliphatic rings. The maximum Gasteiger partial charge on any atom is 0.272 e. The number of carbonyl (C=O) groups excluding carboxylic acids is 1. The van der Waals surface area contributed by atoms with E-state index < -0.39 is 0 Å².